The highest BCUT2D eigenvalue weighted by Gasteiger charge is 2.35. The van der Waals surface area contributed by atoms with Crippen LogP contribution in [0, 0.1) is 24.6 Å². The summed E-state index contributed by atoms with van der Waals surface area (Å²) in [6.45, 7) is 5.20. The van der Waals surface area contributed by atoms with E-state index in [1.54, 1.807) is 49.3 Å². The van der Waals surface area contributed by atoms with Crippen molar-refractivity contribution in [2.24, 2.45) is 13.0 Å². The lowest BCUT2D eigenvalue weighted by Crippen LogP contribution is -2.54. The number of aryl methyl sites for hydroxylation is 1. The Hall–Kier alpha value is -6.07. The molecule has 18 heteroatoms. The van der Waals surface area contributed by atoms with E-state index in [1.807, 2.05) is 4.90 Å². The van der Waals surface area contributed by atoms with E-state index in [-0.39, 0.29) is 46.5 Å². The molecule has 2 N–H and O–H groups in total. The van der Waals surface area contributed by atoms with E-state index in [9.17, 15) is 23.6 Å². The molecule has 7 rings (SSSR count). The predicted octanol–water partition coefficient (Wildman–Crippen LogP) is 4.64. The van der Waals surface area contributed by atoms with Crippen LogP contribution < -0.4 is 10.6 Å². The van der Waals surface area contributed by atoms with Crippen LogP contribution >= 0.6 is 11.6 Å². The number of carbonyl (C=O) groups excluding carboxylic acids is 4. The minimum atomic E-state index is -0.776. The number of hydrogen-bond acceptors (Lipinski definition) is 8. The summed E-state index contributed by atoms with van der Waals surface area (Å²) in [6.07, 6.45) is 4.76. The van der Waals surface area contributed by atoms with E-state index in [1.165, 1.54) is 33.6 Å². The number of likely N-dealkylation sites (tertiary alicyclic amines) is 1. The van der Waals surface area contributed by atoms with Crippen LogP contribution in [0.2, 0.25) is 5.02 Å². The van der Waals surface area contributed by atoms with Crippen LogP contribution in [-0.2, 0) is 23.2 Å². The number of hydrogen-bond donors (Lipinski definition) is 2. The molecule has 0 bridgehead atoms. The Morgan fingerprint density at radius 2 is 1.62 bits per heavy atom. The Labute approximate surface area is 338 Å². The Morgan fingerprint density at radius 3 is 2.29 bits per heavy atom. The second-order valence-electron chi connectivity index (χ2n) is 15.3. The number of rotatable bonds is 9. The first-order chi connectivity index (χ1) is 27.7. The molecule has 0 spiro atoms. The van der Waals surface area contributed by atoms with Crippen molar-refractivity contribution in [3.8, 4) is 22.4 Å². The van der Waals surface area contributed by atoms with Gasteiger partial charge < -0.3 is 29.5 Å². The fraction of sp³-hybridized carbons (Fsp3) is 0.350. The first-order valence-electron chi connectivity index (χ1n) is 18.8. The second-order valence-corrected chi connectivity index (χ2v) is 15.7. The molecule has 15 nitrogen and oxygen atoms in total. The van der Waals surface area contributed by atoms with Gasteiger partial charge in [-0.05, 0) is 43.3 Å². The molecule has 5 aromatic rings. The summed E-state index contributed by atoms with van der Waals surface area (Å²) in [4.78, 5) is 60.3. The molecule has 5 heterocycles. The van der Waals surface area contributed by atoms with Gasteiger partial charge in [0.1, 0.15) is 12.4 Å². The minimum Gasteiger partial charge on any atom is -0.339 e. The van der Waals surface area contributed by atoms with E-state index < -0.39 is 23.6 Å². The summed E-state index contributed by atoms with van der Waals surface area (Å²) in [7, 11) is 6.01. The maximum atomic E-state index is 15.6. The number of carbonyl (C=O) groups is 4. The van der Waals surface area contributed by atoms with E-state index in [2.05, 4.69) is 45.0 Å². The number of halogens is 3. The largest absolute Gasteiger partial charge is 0.339 e. The summed E-state index contributed by atoms with van der Waals surface area (Å²) < 4.78 is 32.5. The van der Waals surface area contributed by atoms with Crippen LogP contribution in [-0.4, -0.2) is 121 Å². The van der Waals surface area contributed by atoms with Crippen LogP contribution in [0.25, 0.3) is 22.4 Å². The summed E-state index contributed by atoms with van der Waals surface area (Å²) in [5, 5.41) is 16.6. The molecule has 0 unspecified atom stereocenters. The zero-order chi connectivity index (χ0) is 41.3. The quantitative estimate of drug-likeness (QED) is 0.204. The van der Waals surface area contributed by atoms with E-state index in [0.29, 0.717) is 59.9 Å². The van der Waals surface area contributed by atoms with Crippen molar-refractivity contribution in [3.05, 3.63) is 94.8 Å². The zero-order valence-corrected chi connectivity index (χ0v) is 33.3. The summed E-state index contributed by atoms with van der Waals surface area (Å²) in [5.74, 6) is -2.25. The van der Waals surface area contributed by atoms with Gasteiger partial charge in [-0.15, -0.1) is 10.2 Å². The van der Waals surface area contributed by atoms with Gasteiger partial charge in [-0.3, -0.25) is 23.9 Å². The van der Waals surface area contributed by atoms with Gasteiger partial charge in [0.05, 0.1) is 55.4 Å². The predicted molar refractivity (Wildman–Crippen MR) is 212 cm³/mol. The monoisotopic (exact) mass is 814 g/mol. The third-order valence-corrected chi connectivity index (χ3v) is 11.1. The smallest absolute Gasteiger partial charge is 0.291 e. The number of aromatic nitrogens is 6. The topological polar surface area (TPSA) is 160 Å². The van der Waals surface area contributed by atoms with Crippen LogP contribution in [0.3, 0.4) is 0 Å². The molecule has 3 aromatic heterocycles. The van der Waals surface area contributed by atoms with E-state index in [4.69, 9.17) is 11.6 Å². The van der Waals surface area contributed by atoms with Gasteiger partial charge in [0.25, 0.3) is 11.8 Å². The highest BCUT2D eigenvalue weighted by Crippen LogP contribution is 2.31. The molecule has 4 amide bonds. The van der Waals surface area contributed by atoms with Crippen molar-refractivity contribution in [2.75, 3.05) is 64.0 Å². The Morgan fingerprint density at radius 1 is 0.897 bits per heavy atom. The molecule has 2 saturated heterocycles. The average molecular weight is 815 g/mol. The molecule has 0 radical (unpaired) electrons. The fourth-order valence-electron chi connectivity index (χ4n) is 7.38. The molecule has 0 saturated carbocycles. The van der Waals surface area contributed by atoms with Crippen molar-refractivity contribution in [2.45, 2.75) is 26.3 Å². The zero-order valence-electron chi connectivity index (χ0n) is 32.5. The van der Waals surface area contributed by atoms with Gasteiger partial charge in [-0.25, -0.2) is 9.37 Å². The molecule has 2 aromatic carbocycles. The average Bonchev–Trinajstić information content (AvgIpc) is 3.76. The Kier molecular flexibility index (Phi) is 11.4. The second kappa shape index (κ2) is 16.4. The fourth-order valence-corrected chi connectivity index (χ4v) is 7.64. The normalized spacial score (nSPS) is 15.6. The number of benzene rings is 2. The highest BCUT2D eigenvalue weighted by molar-refractivity contribution is 6.34. The highest BCUT2D eigenvalue weighted by atomic mass is 35.5. The standard InChI is InChI=1S/C40H42ClF2N11O4/c1-24-30(22-53(49-24)23-36(55)46-35-10-9-34(43)47-48-35)28-7-5-26(19-32(28)42)33-21-44-37(50(33)2)38(56)45-27-6-8-29(31(41)20-27)40(58)52-15-13-51(14-16-52)39(57)25-11-17-54(3,4)18-12-25/h5-10,19-22,25H,11-18,23H2,1-4H3,(H-,45,46,48,55,56,58)/p+1. The van der Waals surface area contributed by atoms with Crippen molar-refractivity contribution in [1.82, 2.24) is 39.3 Å². The number of anilines is 2. The lowest BCUT2D eigenvalue weighted by atomic mass is 9.94. The van der Waals surface area contributed by atoms with Gasteiger partial charge in [0, 0.05) is 80.6 Å². The van der Waals surface area contributed by atoms with Crippen molar-refractivity contribution in [3.63, 3.8) is 0 Å². The van der Waals surface area contributed by atoms with Crippen LogP contribution in [0.4, 0.5) is 20.3 Å². The number of nitrogens with zero attached hydrogens (tertiary/aromatic N) is 9. The van der Waals surface area contributed by atoms with Crippen LogP contribution in [0.1, 0.15) is 39.5 Å². The van der Waals surface area contributed by atoms with Gasteiger partial charge in [-0.2, -0.15) is 9.49 Å². The van der Waals surface area contributed by atoms with Crippen molar-refractivity contribution >= 4 is 46.7 Å². The summed E-state index contributed by atoms with van der Waals surface area (Å²) >= 11 is 6.57. The molecule has 2 fully saturated rings. The Bertz CT molecular complexity index is 2380. The van der Waals surface area contributed by atoms with Gasteiger partial charge in [-0.1, -0.05) is 23.7 Å². The van der Waals surface area contributed by atoms with Crippen LogP contribution in [0.15, 0.2) is 60.9 Å². The number of piperazine rings is 1. The van der Waals surface area contributed by atoms with Crippen molar-refractivity contribution < 1.29 is 32.4 Å². The third kappa shape index (κ3) is 8.74. The lowest BCUT2D eigenvalue weighted by molar-refractivity contribution is -0.895. The number of amides is 4. The van der Waals surface area contributed by atoms with E-state index in [0.717, 1.165) is 36.5 Å². The minimum absolute atomic E-state index is 0.0367. The maximum Gasteiger partial charge on any atom is 0.291 e. The molecular formula is C40H43ClF2N11O4+. The Balaban J connectivity index is 0.952. The van der Waals surface area contributed by atoms with Gasteiger partial charge >= 0.3 is 0 Å². The SMILES string of the molecule is Cc1nn(CC(=O)Nc2ccc(F)nn2)cc1-c1ccc(-c2cnc(C(=O)Nc3ccc(C(=O)N4CCN(C(=O)C5CC[N+](C)(C)CC5)CC4)c(Cl)c3)n2C)cc1F. The molecule has 58 heavy (non-hydrogen) atoms. The molecule has 2 aliphatic rings. The molecular weight excluding hydrogens is 772 g/mol. The van der Waals surface area contributed by atoms with Crippen molar-refractivity contribution in [1.29, 1.82) is 0 Å². The number of nitrogens with one attached hydrogen (secondary N) is 2. The molecule has 302 valence electrons. The third-order valence-electron chi connectivity index (χ3n) is 10.7. The number of imidazole rings is 1. The maximum absolute atomic E-state index is 15.6. The van der Waals surface area contributed by atoms with Crippen LogP contribution in [0.5, 0.6) is 0 Å². The van der Waals surface area contributed by atoms with E-state index >= 15 is 4.39 Å². The molecule has 2 aliphatic heterocycles. The summed E-state index contributed by atoms with van der Waals surface area (Å²) in [5.41, 5.74) is 2.81. The lowest BCUT2D eigenvalue weighted by Gasteiger charge is -2.40. The first-order valence-corrected chi connectivity index (χ1v) is 19.2. The van der Waals surface area contributed by atoms with Gasteiger partial charge in [0.2, 0.25) is 17.8 Å². The van der Waals surface area contributed by atoms with Gasteiger partial charge in [0.15, 0.2) is 11.6 Å². The molecule has 0 atom stereocenters. The summed E-state index contributed by atoms with van der Waals surface area (Å²) in [6, 6.07) is 11.6. The number of quaternary nitrogens is 1. The number of piperidine rings is 1. The first kappa shape index (κ1) is 40.1. The molecule has 0 aliphatic carbocycles.